The molecule has 2 aromatic carbocycles. The van der Waals surface area contributed by atoms with E-state index in [0.29, 0.717) is 5.92 Å². The zero-order chi connectivity index (χ0) is 21.2. The Morgan fingerprint density at radius 1 is 0.871 bits per heavy atom. The van der Waals surface area contributed by atoms with Gasteiger partial charge in [-0.05, 0) is 73.3 Å². The van der Waals surface area contributed by atoms with Crippen molar-refractivity contribution in [3.63, 3.8) is 0 Å². The van der Waals surface area contributed by atoms with Gasteiger partial charge in [0.2, 0.25) is 0 Å². The van der Waals surface area contributed by atoms with Crippen LogP contribution in [0.15, 0.2) is 79.0 Å². The van der Waals surface area contributed by atoms with Gasteiger partial charge in [-0.3, -0.25) is 4.98 Å². The molecule has 1 heterocycles. The van der Waals surface area contributed by atoms with Crippen molar-refractivity contribution in [2.24, 2.45) is 5.92 Å². The molecule has 0 saturated heterocycles. The van der Waals surface area contributed by atoms with E-state index in [2.05, 4.69) is 54.6 Å². The van der Waals surface area contributed by atoms with Gasteiger partial charge >= 0.3 is 0 Å². The first-order valence-corrected chi connectivity index (χ1v) is 11.4. The summed E-state index contributed by atoms with van der Waals surface area (Å²) in [6.45, 7) is 0.794. The summed E-state index contributed by atoms with van der Waals surface area (Å²) in [5, 5.41) is 10.2. The Balaban J connectivity index is 1.47. The highest BCUT2D eigenvalue weighted by molar-refractivity contribution is 5.63. The molecule has 31 heavy (non-hydrogen) atoms. The summed E-state index contributed by atoms with van der Waals surface area (Å²) in [4.78, 5) is 4.80. The third kappa shape index (κ3) is 4.01. The summed E-state index contributed by atoms with van der Waals surface area (Å²) >= 11 is 0. The minimum absolute atomic E-state index is 0.414. The molecule has 2 fully saturated rings. The van der Waals surface area contributed by atoms with Crippen LogP contribution in [-0.4, -0.2) is 11.6 Å². The molecule has 0 unspecified atom stereocenters. The van der Waals surface area contributed by atoms with Crippen molar-refractivity contribution in [3.8, 4) is 17.2 Å². The van der Waals surface area contributed by atoms with Crippen LogP contribution in [0.3, 0.4) is 0 Å². The molecule has 3 aromatic rings. The number of nitrogens with zero attached hydrogens (tertiary/aromatic N) is 2. The van der Waals surface area contributed by atoms with Crippen molar-refractivity contribution in [3.05, 3.63) is 90.3 Å². The fourth-order valence-electron chi connectivity index (χ4n) is 4.83. The van der Waals surface area contributed by atoms with Crippen LogP contribution < -0.4 is 0 Å². The van der Waals surface area contributed by atoms with Crippen LogP contribution >= 0.6 is 0 Å². The van der Waals surface area contributed by atoms with E-state index in [-0.39, 0.29) is 0 Å². The number of hydrogen-bond acceptors (Lipinski definition) is 3. The molecule has 0 N–H and O–H groups in total. The monoisotopic (exact) mass is 408 g/mol. The zero-order valence-electron chi connectivity index (χ0n) is 17.8. The summed E-state index contributed by atoms with van der Waals surface area (Å²) in [6.07, 6.45) is 7.63. The van der Waals surface area contributed by atoms with Crippen molar-refractivity contribution in [1.82, 2.24) is 4.98 Å². The van der Waals surface area contributed by atoms with Gasteiger partial charge in [0.1, 0.15) is 5.60 Å². The minimum Gasteiger partial charge on any atom is -0.368 e. The quantitative estimate of drug-likeness (QED) is 0.474. The van der Waals surface area contributed by atoms with Gasteiger partial charge in [-0.15, -0.1) is 0 Å². The summed E-state index contributed by atoms with van der Waals surface area (Å²) in [5.74, 6) is 0.686. The van der Waals surface area contributed by atoms with E-state index in [1.54, 1.807) is 0 Å². The Morgan fingerprint density at radius 3 is 2.19 bits per heavy atom. The largest absolute Gasteiger partial charge is 0.368 e. The van der Waals surface area contributed by atoms with Crippen LogP contribution in [0.25, 0.3) is 11.1 Å². The van der Waals surface area contributed by atoms with Crippen molar-refractivity contribution in [1.29, 1.82) is 5.26 Å². The SMILES string of the molecule is N#C[C@]1(c2ccccc2)CC[C@](OCC2CC2)(c2cc(-c3ccccc3)ccn2)CC1. The lowest BCUT2D eigenvalue weighted by atomic mass is 9.65. The van der Waals surface area contributed by atoms with Crippen LogP contribution in [0.5, 0.6) is 0 Å². The van der Waals surface area contributed by atoms with Gasteiger partial charge in [-0.1, -0.05) is 60.7 Å². The second kappa shape index (κ2) is 8.29. The van der Waals surface area contributed by atoms with Gasteiger partial charge in [0.05, 0.1) is 23.8 Å². The van der Waals surface area contributed by atoms with Gasteiger partial charge in [0.25, 0.3) is 0 Å². The van der Waals surface area contributed by atoms with Crippen molar-refractivity contribution >= 4 is 0 Å². The lowest BCUT2D eigenvalue weighted by molar-refractivity contribution is -0.0908. The first-order valence-electron chi connectivity index (χ1n) is 11.4. The molecule has 156 valence electrons. The fraction of sp³-hybridized carbons (Fsp3) is 0.357. The van der Waals surface area contributed by atoms with Crippen LogP contribution in [0, 0.1) is 17.2 Å². The lowest BCUT2D eigenvalue weighted by Crippen LogP contribution is -2.41. The smallest absolute Gasteiger partial charge is 0.110 e. The second-order valence-corrected chi connectivity index (χ2v) is 9.10. The highest BCUT2D eigenvalue weighted by Gasteiger charge is 2.47. The zero-order valence-corrected chi connectivity index (χ0v) is 17.8. The average molecular weight is 409 g/mol. The predicted octanol–water partition coefficient (Wildman–Crippen LogP) is 6.41. The Labute approximate surface area is 184 Å². The average Bonchev–Trinajstić information content (AvgIpc) is 3.69. The second-order valence-electron chi connectivity index (χ2n) is 9.10. The molecule has 0 amide bonds. The summed E-state index contributed by atoms with van der Waals surface area (Å²) in [6, 6.07) is 27.6. The Hall–Kier alpha value is -2.96. The molecule has 0 radical (unpaired) electrons. The molecular formula is C28H28N2O. The normalized spacial score (nSPS) is 25.6. The first-order chi connectivity index (χ1) is 15.2. The van der Waals surface area contributed by atoms with Gasteiger partial charge in [0.15, 0.2) is 0 Å². The highest BCUT2D eigenvalue weighted by atomic mass is 16.5. The molecule has 0 aliphatic heterocycles. The Bertz CT molecular complexity index is 1060. The van der Waals surface area contributed by atoms with Crippen LogP contribution in [0.1, 0.15) is 49.8 Å². The molecule has 1 aromatic heterocycles. The number of nitriles is 1. The van der Waals surface area contributed by atoms with E-state index in [1.165, 1.54) is 24.0 Å². The summed E-state index contributed by atoms with van der Waals surface area (Å²) < 4.78 is 6.67. The van der Waals surface area contributed by atoms with Crippen LogP contribution in [-0.2, 0) is 15.8 Å². The molecule has 0 spiro atoms. The van der Waals surface area contributed by atoms with E-state index >= 15 is 0 Å². The van der Waals surface area contributed by atoms with Gasteiger partial charge < -0.3 is 4.74 Å². The number of ether oxygens (including phenoxy) is 1. The van der Waals surface area contributed by atoms with E-state index in [4.69, 9.17) is 9.72 Å². The maximum atomic E-state index is 10.2. The van der Waals surface area contributed by atoms with Gasteiger partial charge in [-0.2, -0.15) is 5.26 Å². The standard InChI is InChI=1S/C28H28N2O/c29-21-27(25-9-5-2-6-10-25)14-16-28(17-15-27,31-20-22-11-12-22)26-19-24(13-18-30-26)23-7-3-1-4-8-23/h1-10,13,18-19,22H,11-12,14-17,20H2/t27-,28+. The maximum absolute atomic E-state index is 10.2. The summed E-state index contributed by atoms with van der Waals surface area (Å²) in [7, 11) is 0. The number of rotatable bonds is 6. The highest BCUT2D eigenvalue weighted by Crippen LogP contribution is 2.49. The fourth-order valence-corrected chi connectivity index (χ4v) is 4.83. The number of hydrogen-bond donors (Lipinski definition) is 0. The summed E-state index contributed by atoms with van der Waals surface area (Å²) in [5.41, 5.74) is 3.64. The van der Waals surface area contributed by atoms with E-state index in [1.807, 2.05) is 30.5 Å². The van der Waals surface area contributed by atoms with Crippen molar-refractivity contribution in [2.75, 3.05) is 6.61 Å². The molecule has 0 bridgehead atoms. The van der Waals surface area contributed by atoms with Gasteiger partial charge in [-0.25, -0.2) is 0 Å². The lowest BCUT2D eigenvalue weighted by Gasteiger charge is -2.43. The Morgan fingerprint density at radius 2 is 1.55 bits per heavy atom. The molecule has 5 rings (SSSR count). The van der Waals surface area contributed by atoms with E-state index in [0.717, 1.165) is 43.5 Å². The topological polar surface area (TPSA) is 45.9 Å². The molecule has 2 saturated carbocycles. The molecule has 0 atom stereocenters. The van der Waals surface area contributed by atoms with Gasteiger partial charge in [0, 0.05) is 6.20 Å². The van der Waals surface area contributed by atoms with E-state index < -0.39 is 11.0 Å². The molecule has 2 aliphatic carbocycles. The number of benzene rings is 2. The molecule has 3 nitrogen and oxygen atoms in total. The Kier molecular flexibility index (Phi) is 5.34. The molecule has 3 heteroatoms. The molecule has 2 aliphatic rings. The predicted molar refractivity (Wildman–Crippen MR) is 122 cm³/mol. The third-order valence-corrected chi connectivity index (χ3v) is 7.08. The van der Waals surface area contributed by atoms with Crippen LogP contribution in [0.2, 0.25) is 0 Å². The molecular weight excluding hydrogens is 380 g/mol. The van der Waals surface area contributed by atoms with Crippen molar-refractivity contribution < 1.29 is 4.74 Å². The van der Waals surface area contributed by atoms with Crippen LogP contribution in [0.4, 0.5) is 0 Å². The number of aromatic nitrogens is 1. The maximum Gasteiger partial charge on any atom is 0.110 e. The third-order valence-electron chi connectivity index (χ3n) is 7.08. The van der Waals surface area contributed by atoms with Crippen molar-refractivity contribution in [2.45, 2.75) is 49.5 Å². The first kappa shape index (κ1) is 20.0. The van der Waals surface area contributed by atoms with E-state index in [9.17, 15) is 5.26 Å². The number of pyridine rings is 1. The minimum atomic E-state index is -0.440.